The number of carboxylic acid groups (broad SMARTS) is 1. The molecule has 0 saturated heterocycles. The summed E-state index contributed by atoms with van der Waals surface area (Å²) in [4.78, 5) is 15.0. The molecule has 5 nitrogen and oxygen atoms in total. The topological polar surface area (TPSA) is 64.3 Å². The molecule has 0 unspecified atom stereocenters. The van der Waals surface area contributed by atoms with Gasteiger partial charge in [0.05, 0.1) is 0 Å². The number of ether oxygens (including phenoxy) is 1. The number of rotatable bonds is 4. The second kappa shape index (κ2) is 4.91. The fourth-order valence-corrected chi connectivity index (χ4v) is 1.63. The first kappa shape index (κ1) is 12.2. The average Bonchev–Trinajstić information content (AvgIpc) is 2.65. The van der Waals surface area contributed by atoms with E-state index in [2.05, 4.69) is 4.98 Å². The molecular weight excluding hydrogens is 232 g/mol. The van der Waals surface area contributed by atoms with Gasteiger partial charge in [-0.25, -0.2) is 9.78 Å². The van der Waals surface area contributed by atoms with E-state index in [-0.39, 0.29) is 12.3 Å². The number of hydrogen-bond acceptors (Lipinski definition) is 3. The van der Waals surface area contributed by atoms with Gasteiger partial charge in [0.2, 0.25) is 0 Å². The number of aromatic nitrogens is 2. The van der Waals surface area contributed by atoms with Crippen molar-refractivity contribution in [1.29, 1.82) is 0 Å². The molecule has 0 aliphatic heterocycles. The maximum atomic E-state index is 10.9. The second-order valence-electron chi connectivity index (χ2n) is 3.93. The zero-order valence-electron chi connectivity index (χ0n) is 10.3. The number of carboxylic acids is 1. The molecule has 0 bridgehead atoms. The fourth-order valence-electron chi connectivity index (χ4n) is 1.63. The van der Waals surface area contributed by atoms with E-state index in [0.29, 0.717) is 11.5 Å². The average molecular weight is 246 g/mol. The van der Waals surface area contributed by atoms with Gasteiger partial charge in [-0.2, -0.15) is 0 Å². The monoisotopic (exact) mass is 246 g/mol. The summed E-state index contributed by atoms with van der Waals surface area (Å²) in [5, 5.41) is 8.97. The molecule has 1 aromatic carbocycles. The Morgan fingerprint density at radius 3 is 2.61 bits per heavy atom. The van der Waals surface area contributed by atoms with E-state index in [0.717, 1.165) is 5.75 Å². The van der Waals surface area contributed by atoms with Gasteiger partial charge in [-0.3, -0.25) is 0 Å². The first-order chi connectivity index (χ1) is 8.59. The van der Waals surface area contributed by atoms with Gasteiger partial charge in [0.15, 0.2) is 5.69 Å². The van der Waals surface area contributed by atoms with Crippen molar-refractivity contribution in [1.82, 2.24) is 9.55 Å². The van der Waals surface area contributed by atoms with Crippen LogP contribution in [-0.2, 0) is 13.7 Å². The molecule has 0 aliphatic rings. The van der Waals surface area contributed by atoms with Gasteiger partial charge in [-0.15, -0.1) is 0 Å². The molecule has 5 heteroatoms. The first-order valence-electron chi connectivity index (χ1n) is 5.53. The molecule has 2 rings (SSSR count). The number of aromatic carboxylic acids is 1. The summed E-state index contributed by atoms with van der Waals surface area (Å²) >= 11 is 0. The van der Waals surface area contributed by atoms with Gasteiger partial charge >= 0.3 is 5.97 Å². The molecule has 2 aromatic rings. The largest absolute Gasteiger partial charge is 0.486 e. The Kier molecular flexibility index (Phi) is 3.32. The molecule has 94 valence electrons. The van der Waals surface area contributed by atoms with Crippen molar-refractivity contribution >= 4 is 5.97 Å². The Hall–Kier alpha value is -2.30. The third-order valence-corrected chi connectivity index (χ3v) is 2.79. The molecule has 0 spiro atoms. The third kappa shape index (κ3) is 2.34. The summed E-state index contributed by atoms with van der Waals surface area (Å²) in [5.74, 6) is 0.304. The van der Waals surface area contributed by atoms with Crippen molar-refractivity contribution in [3.05, 3.63) is 47.5 Å². The molecule has 0 radical (unpaired) electrons. The zero-order chi connectivity index (χ0) is 13.1. The number of benzene rings is 1. The minimum absolute atomic E-state index is 0.0733. The van der Waals surface area contributed by atoms with Crippen molar-refractivity contribution in [2.45, 2.75) is 13.5 Å². The van der Waals surface area contributed by atoms with E-state index in [1.807, 2.05) is 30.3 Å². The van der Waals surface area contributed by atoms with Crippen molar-refractivity contribution in [2.75, 3.05) is 0 Å². The van der Waals surface area contributed by atoms with Crippen LogP contribution in [0, 0.1) is 6.92 Å². The highest BCUT2D eigenvalue weighted by atomic mass is 16.5. The van der Waals surface area contributed by atoms with Gasteiger partial charge in [0, 0.05) is 12.7 Å². The Labute approximate surface area is 105 Å². The van der Waals surface area contributed by atoms with E-state index < -0.39 is 5.97 Å². The van der Waals surface area contributed by atoms with E-state index in [1.165, 1.54) is 0 Å². The summed E-state index contributed by atoms with van der Waals surface area (Å²) in [7, 11) is 1.78. The molecule has 0 fully saturated rings. The van der Waals surface area contributed by atoms with Crippen LogP contribution in [0.15, 0.2) is 30.3 Å². The molecule has 0 amide bonds. The fraction of sp³-hybridized carbons (Fsp3) is 0.231. The lowest BCUT2D eigenvalue weighted by molar-refractivity contribution is 0.0690. The Morgan fingerprint density at radius 1 is 1.39 bits per heavy atom. The highest BCUT2D eigenvalue weighted by Crippen LogP contribution is 2.13. The SMILES string of the molecule is Cc1c(C(=O)O)nc(COc2ccccc2)n1C. The molecule has 18 heavy (non-hydrogen) atoms. The van der Waals surface area contributed by atoms with Crippen LogP contribution in [-0.4, -0.2) is 20.6 Å². The highest BCUT2D eigenvalue weighted by Gasteiger charge is 2.16. The smallest absolute Gasteiger partial charge is 0.356 e. The second-order valence-corrected chi connectivity index (χ2v) is 3.93. The van der Waals surface area contributed by atoms with Gasteiger partial charge in [0.25, 0.3) is 0 Å². The van der Waals surface area contributed by atoms with E-state index >= 15 is 0 Å². The third-order valence-electron chi connectivity index (χ3n) is 2.79. The summed E-state index contributed by atoms with van der Waals surface area (Å²) < 4.78 is 7.27. The summed E-state index contributed by atoms with van der Waals surface area (Å²) in [6.07, 6.45) is 0. The molecule has 1 N–H and O–H groups in total. The number of hydrogen-bond donors (Lipinski definition) is 1. The van der Waals surface area contributed by atoms with Crippen molar-refractivity contribution in [2.24, 2.45) is 7.05 Å². The van der Waals surface area contributed by atoms with Gasteiger partial charge in [-0.1, -0.05) is 18.2 Å². The molecule has 0 saturated carbocycles. The maximum absolute atomic E-state index is 10.9. The molecular formula is C13H14N2O3. The predicted molar refractivity (Wildman–Crippen MR) is 65.7 cm³/mol. The van der Waals surface area contributed by atoms with Gasteiger partial charge < -0.3 is 14.4 Å². The van der Waals surface area contributed by atoms with Crippen LogP contribution in [0.3, 0.4) is 0 Å². The highest BCUT2D eigenvalue weighted by molar-refractivity contribution is 5.86. The number of imidazole rings is 1. The zero-order valence-corrected chi connectivity index (χ0v) is 10.3. The molecule has 0 atom stereocenters. The van der Waals surface area contributed by atoms with Crippen molar-refractivity contribution < 1.29 is 14.6 Å². The van der Waals surface area contributed by atoms with E-state index in [4.69, 9.17) is 9.84 Å². The Morgan fingerprint density at radius 2 is 2.06 bits per heavy atom. The molecule has 1 heterocycles. The number of nitrogens with zero attached hydrogens (tertiary/aromatic N) is 2. The minimum Gasteiger partial charge on any atom is -0.486 e. The van der Waals surface area contributed by atoms with Crippen LogP contribution in [0.4, 0.5) is 0 Å². The van der Waals surface area contributed by atoms with Crippen LogP contribution < -0.4 is 4.74 Å². The number of carbonyl (C=O) groups is 1. The quantitative estimate of drug-likeness (QED) is 0.896. The summed E-state index contributed by atoms with van der Waals surface area (Å²) in [6, 6.07) is 9.34. The van der Waals surface area contributed by atoms with E-state index in [1.54, 1.807) is 18.5 Å². The minimum atomic E-state index is -1.02. The van der Waals surface area contributed by atoms with Crippen LogP contribution >= 0.6 is 0 Å². The van der Waals surface area contributed by atoms with Crippen molar-refractivity contribution in [3.8, 4) is 5.75 Å². The normalized spacial score (nSPS) is 10.3. The maximum Gasteiger partial charge on any atom is 0.356 e. The summed E-state index contributed by atoms with van der Waals surface area (Å²) in [6.45, 7) is 1.97. The Balaban J connectivity index is 2.15. The van der Waals surface area contributed by atoms with Gasteiger partial charge in [-0.05, 0) is 19.1 Å². The van der Waals surface area contributed by atoms with Gasteiger partial charge in [0.1, 0.15) is 18.2 Å². The summed E-state index contributed by atoms with van der Waals surface area (Å²) in [5.41, 5.74) is 0.693. The van der Waals surface area contributed by atoms with E-state index in [9.17, 15) is 4.79 Å². The predicted octanol–water partition coefficient (Wildman–Crippen LogP) is 2.01. The number of para-hydroxylation sites is 1. The lowest BCUT2D eigenvalue weighted by atomic mass is 10.3. The van der Waals surface area contributed by atoms with Crippen LogP contribution in [0.25, 0.3) is 0 Å². The Bertz CT molecular complexity index is 561. The first-order valence-corrected chi connectivity index (χ1v) is 5.53. The molecule has 1 aromatic heterocycles. The van der Waals surface area contributed by atoms with Crippen molar-refractivity contribution in [3.63, 3.8) is 0 Å². The van der Waals surface area contributed by atoms with Crippen LogP contribution in [0.5, 0.6) is 5.75 Å². The lowest BCUT2D eigenvalue weighted by Gasteiger charge is -2.06. The van der Waals surface area contributed by atoms with Crippen LogP contribution in [0.1, 0.15) is 22.0 Å². The lowest BCUT2D eigenvalue weighted by Crippen LogP contribution is -2.04. The van der Waals surface area contributed by atoms with Crippen LogP contribution in [0.2, 0.25) is 0 Å². The standard InChI is InChI=1S/C13H14N2O3/c1-9-12(13(16)17)14-11(15(9)2)8-18-10-6-4-3-5-7-10/h3-7H,8H2,1-2H3,(H,16,17). The molecule has 0 aliphatic carbocycles.